The standard InChI is InChI=1S/C36H78O13P4/c1-4-7-25-34(26-19-18-22-31-49-53(46,47)48)35(27-8-5-2,28-9-6-3)36(52(43,44)45,29-20-14-10-12-16-23-32-50(37,38)39)30-21-15-11-13-17-24-33-51(40,41)42/h34H,4-33H2,1-3H3,(H2,37,38,39)(H2,40,41,42)(H2,43,44,45)(H2,46,47,48). The number of rotatable bonds is 37. The van der Waals surface area contributed by atoms with Gasteiger partial charge in [-0.2, -0.15) is 0 Å². The van der Waals surface area contributed by atoms with Gasteiger partial charge in [-0.3, -0.25) is 18.2 Å². The van der Waals surface area contributed by atoms with Crippen LogP contribution in [0.4, 0.5) is 0 Å². The summed E-state index contributed by atoms with van der Waals surface area (Å²) in [6, 6.07) is 0. The molecule has 0 saturated heterocycles. The first-order valence-corrected chi connectivity index (χ1v) is 27.3. The SMILES string of the molecule is CCCCC(CCCCCOP(=O)(O)O)C(CCCC)(CCCC)C(CCCCCCCCP(=O)(O)O)(CCCCCCCCP(=O)(O)O)P(=O)(O)O. The van der Waals surface area contributed by atoms with E-state index in [0.29, 0.717) is 64.2 Å². The Labute approximate surface area is 321 Å². The number of phosphoric acid groups is 1. The van der Waals surface area contributed by atoms with E-state index in [1.165, 1.54) is 0 Å². The minimum atomic E-state index is -4.71. The van der Waals surface area contributed by atoms with Crippen LogP contribution in [0.2, 0.25) is 0 Å². The lowest BCUT2D eigenvalue weighted by molar-refractivity contribution is 0.0189. The lowest BCUT2D eigenvalue weighted by Gasteiger charge is -2.56. The average Bonchev–Trinajstić information content (AvgIpc) is 3.04. The van der Waals surface area contributed by atoms with Crippen LogP contribution >= 0.6 is 30.6 Å². The molecular formula is C36H78O13P4. The molecule has 13 nitrogen and oxygen atoms in total. The minimum absolute atomic E-state index is 0.0498. The molecule has 0 spiro atoms. The van der Waals surface area contributed by atoms with Crippen LogP contribution in [0.25, 0.3) is 0 Å². The van der Waals surface area contributed by atoms with Crippen molar-refractivity contribution in [3.8, 4) is 0 Å². The second kappa shape index (κ2) is 28.1. The number of unbranched alkanes of at least 4 members (excludes halogenated alkanes) is 15. The molecule has 0 aliphatic carbocycles. The van der Waals surface area contributed by atoms with Gasteiger partial charge in [-0.15, -0.1) is 0 Å². The van der Waals surface area contributed by atoms with E-state index in [-0.39, 0.29) is 24.8 Å². The van der Waals surface area contributed by atoms with E-state index in [4.69, 9.17) is 9.79 Å². The highest BCUT2D eigenvalue weighted by Gasteiger charge is 2.61. The molecule has 0 aromatic heterocycles. The third kappa shape index (κ3) is 24.2. The first kappa shape index (κ1) is 53.6. The molecule has 17 heteroatoms. The molecule has 1 atom stereocenters. The van der Waals surface area contributed by atoms with Gasteiger partial charge in [0.2, 0.25) is 0 Å². The summed E-state index contributed by atoms with van der Waals surface area (Å²) in [5.74, 6) is 0.0520. The Morgan fingerprint density at radius 1 is 0.453 bits per heavy atom. The van der Waals surface area contributed by atoms with Crippen molar-refractivity contribution < 1.29 is 61.9 Å². The average molecular weight is 843 g/mol. The Hall–Kier alpha value is 0.560. The fourth-order valence-corrected chi connectivity index (χ4v) is 12.0. The van der Waals surface area contributed by atoms with Gasteiger partial charge in [0.25, 0.3) is 0 Å². The summed E-state index contributed by atoms with van der Waals surface area (Å²) in [5.41, 5.74) is -0.623. The van der Waals surface area contributed by atoms with Crippen molar-refractivity contribution >= 4 is 30.6 Å². The molecule has 0 rings (SSSR count). The molecule has 0 bridgehead atoms. The third-order valence-electron chi connectivity index (χ3n) is 11.2. The van der Waals surface area contributed by atoms with Crippen LogP contribution in [0.3, 0.4) is 0 Å². The van der Waals surface area contributed by atoms with Gasteiger partial charge >= 0.3 is 30.6 Å². The van der Waals surface area contributed by atoms with Gasteiger partial charge in [-0.1, -0.05) is 136 Å². The topological polar surface area (TPSA) is 239 Å². The molecule has 8 N–H and O–H groups in total. The molecule has 320 valence electrons. The highest BCUT2D eigenvalue weighted by molar-refractivity contribution is 7.53. The lowest BCUT2D eigenvalue weighted by atomic mass is 9.56. The predicted molar refractivity (Wildman–Crippen MR) is 214 cm³/mol. The van der Waals surface area contributed by atoms with Gasteiger partial charge in [0.1, 0.15) is 0 Å². The number of phosphoric ester groups is 1. The second-order valence-corrected chi connectivity index (χ2v) is 22.2. The Balaban J connectivity index is 6.59. The highest BCUT2D eigenvalue weighted by Crippen LogP contribution is 2.70. The van der Waals surface area contributed by atoms with Crippen molar-refractivity contribution in [3.63, 3.8) is 0 Å². The van der Waals surface area contributed by atoms with E-state index in [0.717, 1.165) is 109 Å². The predicted octanol–water partition coefficient (Wildman–Crippen LogP) is 10.6. The van der Waals surface area contributed by atoms with Crippen molar-refractivity contribution in [1.29, 1.82) is 0 Å². The zero-order chi connectivity index (χ0) is 40.5. The number of hydrogen-bond donors (Lipinski definition) is 8. The van der Waals surface area contributed by atoms with Gasteiger partial charge in [-0.25, -0.2) is 4.57 Å². The largest absolute Gasteiger partial charge is 0.469 e. The Morgan fingerprint density at radius 3 is 1.21 bits per heavy atom. The molecule has 0 aliphatic rings. The van der Waals surface area contributed by atoms with Crippen LogP contribution in [0.5, 0.6) is 0 Å². The fourth-order valence-electron chi connectivity index (χ4n) is 8.45. The molecule has 0 aromatic rings. The smallest absolute Gasteiger partial charge is 0.324 e. The summed E-state index contributed by atoms with van der Waals surface area (Å²) in [6.07, 6.45) is 19.2. The van der Waals surface area contributed by atoms with Crippen molar-refractivity contribution in [2.75, 3.05) is 18.9 Å². The first-order chi connectivity index (χ1) is 24.7. The van der Waals surface area contributed by atoms with Gasteiger partial charge in [0.15, 0.2) is 0 Å². The molecule has 53 heavy (non-hydrogen) atoms. The second-order valence-electron chi connectivity index (χ2n) is 15.5. The maximum atomic E-state index is 14.4. The van der Waals surface area contributed by atoms with Crippen LogP contribution in [-0.2, 0) is 22.8 Å². The maximum Gasteiger partial charge on any atom is 0.469 e. The summed E-state index contributed by atoms with van der Waals surface area (Å²) < 4.78 is 52.7. The summed E-state index contributed by atoms with van der Waals surface area (Å²) in [4.78, 5) is 78.4. The molecule has 0 fully saturated rings. The third-order valence-corrected chi connectivity index (χ3v) is 15.5. The molecule has 0 aliphatic heterocycles. The van der Waals surface area contributed by atoms with Crippen LogP contribution in [0.15, 0.2) is 0 Å². The zero-order valence-electron chi connectivity index (χ0n) is 33.2. The normalized spacial score (nSPS) is 14.2. The van der Waals surface area contributed by atoms with Crippen LogP contribution in [0.1, 0.15) is 194 Å². The Bertz CT molecular complexity index is 1070. The molecule has 0 amide bonds. The number of hydrogen-bond acceptors (Lipinski definition) is 5. The summed E-state index contributed by atoms with van der Waals surface area (Å²) >= 11 is 0. The van der Waals surface area contributed by atoms with Gasteiger partial charge < -0.3 is 39.1 Å². The molecule has 0 saturated carbocycles. The summed E-state index contributed by atoms with van der Waals surface area (Å²) in [6.45, 7) is 6.31. The monoisotopic (exact) mass is 842 g/mol. The lowest BCUT2D eigenvalue weighted by Crippen LogP contribution is -2.53. The van der Waals surface area contributed by atoms with Gasteiger partial charge in [-0.05, 0) is 69.1 Å². The van der Waals surface area contributed by atoms with E-state index < -0.39 is 41.2 Å². The van der Waals surface area contributed by atoms with E-state index in [1.807, 2.05) is 0 Å². The zero-order valence-corrected chi connectivity index (χ0v) is 36.8. The summed E-state index contributed by atoms with van der Waals surface area (Å²) in [5, 5.41) is -1.24. The maximum absolute atomic E-state index is 14.4. The van der Waals surface area contributed by atoms with E-state index >= 15 is 0 Å². The van der Waals surface area contributed by atoms with E-state index in [9.17, 15) is 47.6 Å². The van der Waals surface area contributed by atoms with E-state index in [1.54, 1.807) is 0 Å². The Morgan fingerprint density at radius 2 is 0.830 bits per heavy atom. The molecular weight excluding hydrogens is 764 g/mol. The van der Waals surface area contributed by atoms with E-state index in [2.05, 4.69) is 25.3 Å². The van der Waals surface area contributed by atoms with Gasteiger partial charge in [0.05, 0.1) is 11.8 Å². The van der Waals surface area contributed by atoms with Gasteiger partial charge in [0, 0.05) is 12.3 Å². The van der Waals surface area contributed by atoms with Crippen LogP contribution in [-0.4, -0.2) is 63.2 Å². The molecule has 1 unspecified atom stereocenters. The van der Waals surface area contributed by atoms with Crippen molar-refractivity contribution in [2.45, 2.75) is 199 Å². The van der Waals surface area contributed by atoms with Crippen LogP contribution in [0, 0.1) is 11.3 Å². The molecule has 0 aromatic carbocycles. The highest BCUT2D eigenvalue weighted by atomic mass is 31.2. The summed E-state index contributed by atoms with van der Waals surface area (Å²) in [7, 11) is -17.3. The van der Waals surface area contributed by atoms with Crippen molar-refractivity contribution in [1.82, 2.24) is 0 Å². The van der Waals surface area contributed by atoms with Crippen LogP contribution < -0.4 is 0 Å². The quantitative estimate of drug-likeness (QED) is 0.0215. The van der Waals surface area contributed by atoms with Crippen molar-refractivity contribution in [3.05, 3.63) is 0 Å². The molecule has 0 heterocycles. The Kier molecular flexibility index (Phi) is 28.4. The molecule has 0 radical (unpaired) electrons. The minimum Gasteiger partial charge on any atom is -0.324 e. The van der Waals surface area contributed by atoms with Crippen molar-refractivity contribution in [2.24, 2.45) is 11.3 Å². The first-order valence-electron chi connectivity index (χ1n) is 20.5. The fraction of sp³-hybridized carbons (Fsp3) is 1.00.